The number of benzene rings is 2. The molecule has 1 aliphatic carbocycles. The molecule has 1 fully saturated rings. The van der Waals surface area contributed by atoms with Gasteiger partial charge in [-0.05, 0) is 61.9 Å². The molecule has 2 aliphatic rings. The van der Waals surface area contributed by atoms with E-state index in [1.54, 1.807) is 6.07 Å². The van der Waals surface area contributed by atoms with Crippen LogP contribution in [0.5, 0.6) is 11.5 Å². The van der Waals surface area contributed by atoms with E-state index < -0.39 is 27.9 Å². The van der Waals surface area contributed by atoms with E-state index in [9.17, 15) is 17.6 Å². The smallest absolute Gasteiger partial charge is 0.305 e. The van der Waals surface area contributed by atoms with E-state index in [-0.39, 0.29) is 30.0 Å². The minimum Gasteiger partial charge on any atom is -0.494 e. The highest BCUT2D eigenvalue weighted by molar-refractivity contribution is 7.92. The molecule has 1 aliphatic heterocycles. The number of hydrogen-bond donors (Lipinski definition) is 0. The second-order valence-electron chi connectivity index (χ2n) is 9.64. The molecule has 1 saturated carbocycles. The zero-order chi connectivity index (χ0) is 26.6. The standard InChI is InChI=1S/C28H34FNO6S/c1-19(21-7-5-4-6-8-21)15-20-9-13-26-25(16-20)30(18-22(36-26)10-14-28(31)35-3)37(32,33)23-11-12-24(29)27(17-23)34-2/h9,11-13,15-17,21-22H,4-8,10,14,18H2,1-3H3/b19-15+/t22-/m0/s1. The van der Waals surface area contributed by atoms with Crippen molar-refractivity contribution in [2.24, 2.45) is 5.92 Å². The summed E-state index contributed by atoms with van der Waals surface area (Å²) in [5.41, 5.74) is 2.57. The molecule has 0 unspecified atom stereocenters. The van der Waals surface area contributed by atoms with Crippen LogP contribution in [-0.2, 0) is 19.6 Å². The molecular formula is C28H34FNO6S. The minimum atomic E-state index is -4.10. The number of ether oxygens (including phenoxy) is 3. The summed E-state index contributed by atoms with van der Waals surface area (Å²) in [5.74, 6) is -0.255. The lowest BCUT2D eigenvalue weighted by atomic mass is 9.84. The molecule has 0 bridgehead atoms. The van der Waals surface area contributed by atoms with Crippen molar-refractivity contribution in [2.45, 2.75) is 62.9 Å². The number of esters is 1. The largest absolute Gasteiger partial charge is 0.494 e. The molecule has 2 aromatic rings. The fourth-order valence-corrected chi connectivity index (χ4v) is 6.56. The van der Waals surface area contributed by atoms with E-state index in [0.717, 1.165) is 11.6 Å². The maximum atomic E-state index is 14.0. The van der Waals surface area contributed by atoms with E-state index in [4.69, 9.17) is 14.2 Å². The summed E-state index contributed by atoms with van der Waals surface area (Å²) in [5, 5.41) is 0. The van der Waals surface area contributed by atoms with Crippen LogP contribution in [0.1, 0.15) is 57.4 Å². The topological polar surface area (TPSA) is 82.1 Å². The lowest BCUT2D eigenvalue weighted by molar-refractivity contribution is -0.141. The predicted molar refractivity (Wildman–Crippen MR) is 140 cm³/mol. The van der Waals surface area contributed by atoms with Crippen LogP contribution in [-0.4, -0.2) is 41.3 Å². The quantitative estimate of drug-likeness (QED) is 0.405. The zero-order valence-corrected chi connectivity index (χ0v) is 22.4. The van der Waals surface area contributed by atoms with Crippen LogP contribution in [0.2, 0.25) is 0 Å². The number of fused-ring (bicyclic) bond motifs is 1. The number of sulfonamides is 1. The van der Waals surface area contributed by atoms with E-state index in [1.165, 1.54) is 68.3 Å². The van der Waals surface area contributed by atoms with Crippen molar-refractivity contribution in [1.82, 2.24) is 0 Å². The second kappa shape index (κ2) is 11.5. The molecule has 0 radical (unpaired) electrons. The predicted octanol–water partition coefficient (Wildman–Crippen LogP) is 5.73. The van der Waals surface area contributed by atoms with Crippen molar-refractivity contribution in [3.63, 3.8) is 0 Å². The zero-order valence-electron chi connectivity index (χ0n) is 21.5. The van der Waals surface area contributed by atoms with Crippen molar-refractivity contribution in [1.29, 1.82) is 0 Å². The average Bonchev–Trinajstić information content (AvgIpc) is 2.91. The van der Waals surface area contributed by atoms with Crippen LogP contribution in [0.25, 0.3) is 6.08 Å². The fourth-order valence-electron chi connectivity index (χ4n) is 5.04. The Balaban J connectivity index is 1.72. The number of nitrogens with zero attached hydrogens (tertiary/aromatic N) is 1. The van der Waals surface area contributed by atoms with Gasteiger partial charge in [0.15, 0.2) is 11.6 Å². The van der Waals surface area contributed by atoms with E-state index in [1.807, 2.05) is 12.1 Å². The maximum absolute atomic E-state index is 14.0. The van der Waals surface area contributed by atoms with Gasteiger partial charge in [-0.15, -0.1) is 0 Å². The van der Waals surface area contributed by atoms with Crippen molar-refractivity contribution in [3.05, 3.63) is 53.4 Å². The summed E-state index contributed by atoms with van der Waals surface area (Å²) < 4.78 is 58.8. The first-order valence-electron chi connectivity index (χ1n) is 12.6. The van der Waals surface area contributed by atoms with E-state index in [0.29, 0.717) is 17.4 Å². The molecule has 0 saturated heterocycles. The Morgan fingerprint density at radius 1 is 1.14 bits per heavy atom. The highest BCUT2D eigenvalue weighted by atomic mass is 32.2. The molecule has 2 aromatic carbocycles. The third kappa shape index (κ3) is 6.09. The molecule has 7 nitrogen and oxygen atoms in total. The van der Waals surface area contributed by atoms with Crippen LogP contribution in [0.3, 0.4) is 0 Å². The Hall–Kier alpha value is -3.07. The molecule has 0 amide bonds. The summed E-state index contributed by atoms with van der Waals surface area (Å²) in [6.07, 6.45) is 8.01. The average molecular weight is 532 g/mol. The summed E-state index contributed by atoms with van der Waals surface area (Å²) in [6.45, 7) is 2.13. The van der Waals surface area contributed by atoms with Crippen molar-refractivity contribution < 1.29 is 31.8 Å². The van der Waals surface area contributed by atoms with Gasteiger partial charge in [0.1, 0.15) is 11.9 Å². The monoisotopic (exact) mass is 531 g/mol. The van der Waals surface area contributed by atoms with Gasteiger partial charge in [0.25, 0.3) is 10.0 Å². The highest BCUT2D eigenvalue weighted by Gasteiger charge is 2.35. The third-order valence-electron chi connectivity index (χ3n) is 7.17. The number of anilines is 1. The normalized spacial score (nSPS) is 18.6. The van der Waals surface area contributed by atoms with Gasteiger partial charge in [-0.1, -0.05) is 37.0 Å². The Bertz CT molecular complexity index is 1270. The van der Waals surface area contributed by atoms with Crippen LogP contribution in [0, 0.1) is 11.7 Å². The first kappa shape index (κ1) is 27.0. The number of carbonyl (C=O) groups excluding carboxylic acids is 1. The number of halogens is 1. The highest BCUT2D eigenvalue weighted by Crippen LogP contribution is 2.40. The summed E-state index contributed by atoms with van der Waals surface area (Å²) in [4.78, 5) is 11.6. The van der Waals surface area contributed by atoms with Gasteiger partial charge >= 0.3 is 5.97 Å². The summed E-state index contributed by atoms with van der Waals surface area (Å²) in [6, 6.07) is 8.99. The number of rotatable bonds is 8. The lowest BCUT2D eigenvalue weighted by Crippen LogP contribution is -2.43. The molecule has 0 aromatic heterocycles. The van der Waals surface area contributed by atoms with Crippen LogP contribution >= 0.6 is 0 Å². The van der Waals surface area contributed by atoms with E-state index in [2.05, 4.69) is 13.0 Å². The molecule has 4 rings (SSSR count). The number of methoxy groups -OCH3 is 2. The molecule has 200 valence electrons. The van der Waals surface area contributed by atoms with Gasteiger partial charge < -0.3 is 14.2 Å². The summed E-state index contributed by atoms with van der Waals surface area (Å²) >= 11 is 0. The molecule has 1 atom stereocenters. The van der Waals surface area contributed by atoms with Crippen molar-refractivity contribution >= 4 is 27.8 Å². The molecule has 37 heavy (non-hydrogen) atoms. The first-order chi connectivity index (χ1) is 17.7. The number of allylic oxidation sites excluding steroid dienone is 1. The lowest BCUT2D eigenvalue weighted by Gasteiger charge is -2.35. The van der Waals surface area contributed by atoms with Gasteiger partial charge in [0.05, 0.1) is 31.3 Å². The Labute approximate surface area is 218 Å². The van der Waals surface area contributed by atoms with Crippen molar-refractivity contribution in [2.75, 3.05) is 25.1 Å². The number of carbonyl (C=O) groups is 1. The molecule has 0 N–H and O–H groups in total. The Morgan fingerprint density at radius 2 is 1.89 bits per heavy atom. The van der Waals surface area contributed by atoms with E-state index >= 15 is 0 Å². The number of hydrogen-bond acceptors (Lipinski definition) is 6. The van der Waals surface area contributed by atoms with Crippen LogP contribution in [0.4, 0.5) is 10.1 Å². The van der Waals surface area contributed by atoms with Gasteiger partial charge in [-0.25, -0.2) is 12.8 Å². The fraction of sp³-hybridized carbons (Fsp3) is 0.464. The SMILES string of the molecule is COC(=O)CC[C@H]1CN(S(=O)(=O)c2ccc(F)c(OC)c2)c2cc(/C=C(\C)C3CCCCC3)ccc2O1. The Morgan fingerprint density at radius 3 is 2.59 bits per heavy atom. The van der Waals surface area contributed by atoms with Gasteiger partial charge in [-0.2, -0.15) is 0 Å². The Kier molecular flexibility index (Phi) is 8.42. The minimum absolute atomic E-state index is 0.000788. The van der Waals surface area contributed by atoms with Gasteiger partial charge in [0, 0.05) is 12.5 Å². The maximum Gasteiger partial charge on any atom is 0.305 e. The molecule has 1 heterocycles. The van der Waals surface area contributed by atoms with Gasteiger partial charge in [0.2, 0.25) is 0 Å². The molecule has 0 spiro atoms. The van der Waals surface area contributed by atoms with Gasteiger partial charge in [-0.3, -0.25) is 9.10 Å². The molecular weight excluding hydrogens is 497 g/mol. The third-order valence-corrected chi connectivity index (χ3v) is 8.94. The summed E-state index contributed by atoms with van der Waals surface area (Å²) in [7, 11) is -1.50. The van der Waals surface area contributed by atoms with Crippen molar-refractivity contribution in [3.8, 4) is 11.5 Å². The van der Waals surface area contributed by atoms with Crippen LogP contribution < -0.4 is 13.8 Å². The van der Waals surface area contributed by atoms with Crippen LogP contribution in [0.15, 0.2) is 46.9 Å². The second-order valence-corrected chi connectivity index (χ2v) is 11.5. The first-order valence-corrected chi connectivity index (χ1v) is 14.1. The molecule has 9 heteroatoms.